The number of nitrogens with one attached hydrogen (secondary N) is 2. The summed E-state index contributed by atoms with van der Waals surface area (Å²) in [5.74, 6) is 1.95. The zero-order valence-corrected chi connectivity index (χ0v) is 16.3. The van der Waals surface area contributed by atoms with Gasteiger partial charge in [0, 0.05) is 13.0 Å². The highest BCUT2D eigenvalue weighted by atomic mass is 79.9. The van der Waals surface area contributed by atoms with Crippen LogP contribution in [0, 0.1) is 0 Å². The molecule has 3 rings (SSSR count). The number of aryl methyl sites for hydroxylation is 1. The monoisotopic (exact) mass is 401 g/mol. The van der Waals surface area contributed by atoms with Crippen LogP contribution in [-0.4, -0.2) is 22.6 Å². The summed E-state index contributed by atoms with van der Waals surface area (Å²) in [6.07, 6.45) is 2.18. The van der Waals surface area contributed by atoms with Crippen LogP contribution in [0.25, 0.3) is 11.0 Å². The van der Waals surface area contributed by atoms with Gasteiger partial charge < -0.3 is 15.0 Å². The predicted octanol–water partition coefficient (Wildman–Crippen LogP) is 4.84. The molecule has 0 radical (unpaired) electrons. The van der Waals surface area contributed by atoms with Crippen LogP contribution in [-0.2, 0) is 13.0 Å². The van der Waals surface area contributed by atoms with Gasteiger partial charge in [-0.3, -0.25) is 0 Å². The Morgan fingerprint density at radius 1 is 1.20 bits per heavy atom. The highest BCUT2D eigenvalue weighted by Crippen LogP contribution is 2.26. The zero-order valence-electron chi connectivity index (χ0n) is 14.7. The normalized spacial score (nSPS) is 11.4. The molecule has 0 saturated heterocycles. The summed E-state index contributed by atoms with van der Waals surface area (Å²) >= 11 is 3.58. The van der Waals surface area contributed by atoms with Crippen LogP contribution in [0.3, 0.4) is 0 Å². The van der Waals surface area contributed by atoms with E-state index in [1.807, 2.05) is 38.1 Å². The van der Waals surface area contributed by atoms with E-state index >= 15 is 0 Å². The van der Waals surface area contributed by atoms with Crippen molar-refractivity contribution in [2.24, 2.45) is 0 Å². The van der Waals surface area contributed by atoms with Crippen molar-refractivity contribution >= 4 is 27.0 Å². The number of H-pyrrole nitrogens is 1. The van der Waals surface area contributed by atoms with Gasteiger partial charge in [0.05, 0.1) is 21.6 Å². The summed E-state index contributed by atoms with van der Waals surface area (Å²) in [5, 5.41) is 3.49. The number of aromatic nitrogens is 2. The molecule has 0 spiro atoms. The molecular weight excluding hydrogens is 378 g/mol. The molecule has 0 saturated carbocycles. The number of fused-ring (bicyclic) bond motifs is 1. The van der Waals surface area contributed by atoms with E-state index in [0.717, 1.165) is 53.0 Å². The van der Waals surface area contributed by atoms with Crippen LogP contribution in [0.5, 0.6) is 5.75 Å². The second-order valence-electron chi connectivity index (χ2n) is 6.41. The number of rotatable bonds is 8. The zero-order chi connectivity index (χ0) is 17.6. The molecule has 0 fully saturated rings. The minimum atomic E-state index is 0.179. The molecule has 3 aromatic rings. The topological polar surface area (TPSA) is 49.9 Å². The van der Waals surface area contributed by atoms with Crippen LogP contribution < -0.4 is 10.1 Å². The molecular formula is C20H24BrN3O. The Balaban J connectivity index is 1.43. The minimum absolute atomic E-state index is 0.179. The molecule has 0 atom stereocenters. The quantitative estimate of drug-likeness (QED) is 0.531. The average Bonchev–Trinajstić information content (AvgIpc) is 2.99. The molecule has 2 N–H and O–H groups in total. The lowest BCUT2D eigenvalue weighted by Crippen LogP contribution is -2.15. The highest BCUT2D eigenvalue weighted by Gasteiger charge is 2.05. The third kappa shape index (κ3) is 5.06. The molecule has 25 heavy (non-hydrogen) atoms. The van der Waals surface area contributed by atoms with Crippen LogP contribution in [0.15, 0.2) is 46.9 Å². The van der Waals surface area contributed by atoms with E-state index in [4.69, 9.17) is 4.74 Å². The molecule has 0 aliphatic carbocycles. The number of ether oxygens (including phenoxy) is 1. The number of aromatic amines is 1. The Kier molecular flexibility index (Phi) is 6.10. The third-order valence-electron chi connectivity index (χ3n) is 3.89. The summed E-state index contributed by atoms with van der Waals surface area (Å²) in [5.41, 5.74) is 3.39. The standard InChI is InChI=1S/C20H24BrN3O/c1-14(2)25-19-10-9-15(12-16(19)21)13-22-11-5-8-20-23-17-6-3-4-7-18(17)24-20/h3-4,6-7,9-10,12,14,22H,5,8,11,13H2,1-2H3,(H,23,24). The fourth-order valence-electron chi connectivity index (χ4n) is 2.74. The minimum Gasteiger partial charge on any atom is -0.490 e. The van der Waals surface area contributed by atoms with Gasteiger partial charge in [0.2, 0.25) is 0 Å². The first-order chi connectivity index (χ1) is 12.1. The van der Waals surface area contributed by atoms with E-state index in [-0.39, 0.29) is 6.10 Å². The van der Waals surface area contributed by atoms with Crippen LogP contribution in [0.4, 0.5) is 0 Å². The van der Waals surface area contributed by atoms with Gasteiger partial charge in [-0.05, 0) is 72.6 Å². The number of para-hydroxylation sites is 2. The lowest BCUT2D eigenvalue weighted by Gasteiger charge is -2.12. The predicted molar refractivity (Wildman–Crippen MR) is 106 cm³/mol. The Morgan fingerprint density at radius 2 is 2.04 bits per heavy atom. The molecule has 0 unspecified atom stereocenters. The molecule has 0 aliphatic heterocycles. The lowest BCUT2D eigenvalue weighted by molar-refractivity contribution is 0.241. The van der Waals surface area contributed by atoms with Crippen molar-refractivity contribution in [3.05, 3.63) is 58.3 Å². The second kappa shape index (κ2) is 8.50. The first kappa shape index (κ1) is 18.0. The second-order valence-corrected chi connectivity index (χ2v) is 7.27. The van der Waals surface area contributed by atoms with E-state index in [9.17, 15) is 0 Å². The van der Waals surface area contributed by atoms with Crippen molar-refractivity contribution in [3.8, 4) is 5.75 Å². The summed E-state index contributed by atoms with van der Waals surface area (Å²) in [6.45, 7) is 5.87. The maximum Gasteiger partial charge on any atom is 0.133 e. The SMILES string of the molecule is CC(C)Oc1ccc(CNCCCc2nc3ccccc3[nH]2)cc1Br. The van der Waals surface area contributed by atoms with Gasteiger partial charge >= 0.3 is 0 Å². The molecule has 0 aliphatic rings. The van der Waals surface area contributed by atoms with Gasteiger partial charge in [0.15, 0.2) is 0 Å². The molecule has 132 valence electrons. The fourth-order valence-corrected chi connectivity index (χ4v) is 3.26. The van der Waals surface area contributed by atoms with Crippen molar-refractivity contribution < 1.29 is 4.74 Å². The van der Waals surface area contributed by atoms with Gasteiger partial charge in [-0.25, -0.2) is 4.98 Å². The largest absolute Gasteiger partial charge is 0.490 e. The van der Waals surface area contributed by atoms with Crippen LogP contribution >= 0.6 is 15.9 Å². The number of imidazole rings is 1. The molecule has 0 bridgehead atoms. The number of benzene rings is 2. The smallest absolute Gasteiger partial charge is 0.133 e. The summed E-state index contributed by atoms with van der Waals surface area (Å²) in [4.78, 5) is 7.98. The Hall–Kier alpha value is -1.85. The maximum atomic E-state index is 5.74. The van der Waals surface area contributed by atoms with Gasteiger partial charge in [-0.15, -0.1) is 0 Å². The molecule has 5 heteroatoms. The van der Waals surface area contributed by atoms with Crippen molar-refractivity contribution in [2.75, 3.05) is 6.54 Å². The van der Waals surface area contributed by atoms with E-state index in [0.29, 0.717) is 0 Å². The van der Waals surface area contributed by atoms with Gasteiger partial charge in [0.25, 0.3) is 0 Å². The molecule has 0 amide bonds. The first-order valence-corrected chi connectivity index (χ1v) is 9.50. The van der Waals surface area contributed by atoms with Gasteiger partial charge in [-0.2, -0.15) is 0 Å². The number of hydrogen-bond acceptors (Lipinski definition) is 3. The molecule has 2 aromatic carbocycles. The van der Waals surface area contributed by atoms with Crippen molar-refractivity contribution in [1.82, 2.24) is 15.3 Å². The molecule has 4 nitrogen and oxygen atoms in total. The molecule has 1 heterocycles. The van der Waals surface area contributed by atoms with Crippen molar-refractivity contribution in [3.63, 3.8) is 0 Å². The fraction of sp³-hybridized carbons (Fsp3) is 0.350. The van der Waals surface area contributed by atoms with E-state index in [2.05, 4.69) is 49.4 Å². The van der Waals surface area contributed by atoms with Gasteiger partial charge in [0.1, 0.15) is 11.6 Å². The van der Waals surface area contributed by atoms with E-state index in [1.165, 1.54) is 5.56 Å². The summed E-state index contributed by atoms with van der Waals surface area (Å²) in [6, 6.07) is 14.4. The average molecular weight is 402 g/mol. The Bertz CT molecular complexity index is 796. The van der Waals surface area contributed by atoms with Crippen molar-refractivity contribution in [1.29, 1.82) is 0 Å². The van der Waals surface area contributed by atoms with Gasteiger partial charge in [-0.1, -0.05) is 18.2 Å². The number of nitrogens with zero attached hydrogens (tertiary/aromatic N) is 1. The Labute approximate surface area is 157 Å². The van der Waals surface area contributed by atoms with E-state index in [1.54, 1.807) is 0 Å². The first-order valence-electron chi connectivity index (χ1n) is 8.71. The highest BCUT2D eigenvalue weighted by molar-refractivity contribution is 9.10. The maximum absolute atomic E-state index is 5.74. The number of halogens is 1. The number of hydrogen-bond donors (Lipinski definition) is 2. The van der Waals surface area contributed by atoms with E-state index < -0.39 is 0 Å². The van der Waals surface area contributed by atoms with Crippen LogP contribution in [0.1, 0.15) is 31.7 Å². The molecule has 1 aromatic heterocycles. The lowest BCUT2D eigenvalue weighted by atomic mass is 10.2. The van der Waals surface area contributed by atoms with Crippen LogP contribution in [0.2, 0.25) is 0 Å². The third-order valence-corrected chi connectivity index (χ3v) is 4.51. The summed E-state index contributed by atoms with van der Waals surface area (Å²) < 4.78 is 6.74. The van der Waals surface area contributed by atoms with Crippen molar-refractivity contribution in [2.45, 2.75) is 39.3 Å². The summed E-state index contributed by atoms with van der Waals surface area (Å²) in [7, 11) is 0. The Morgan fingerprint density at radius 3 is 2.80 bits per heavy atom.